The van der Waals surface area contributed by atoms with E-state index < -0.39 is 0 Å². The van der Waals surface area contributed by atoms with Crippen LogP contribution in [-0.4, -0.2) is 66.0 Å². The molecule has 0 saturated carbocycles. The number of nitrogens with one attached hydrogen (secondary N) is 1. The van der Waals surface area contributed by atoms with E-state index in [0.29, 0.717) is 55.3 Å². The molecule has 0 aliphatic carbocycles. The van der Waals surface area contributed by atoms with Crippen LogP contribution >= 0.6 is 23.1 Å². The second-order valence-electron chi connectivity index (χ2n) is 7.59. The number of benzene rings is 1. The predicted octanol–water partition coefficient (Wildman–Crippen LogP) is 3.13. The summed E-state index contributed by atoms with van der Waals surface area (Å²) in [5, 5.41) is 4.87. The minimum absolute atomic E-state index is 0.0260. The smallest absolute Gasteiger partial charge is 0.409 e. The number of rotatable bonds is 8. The van der Waals surface area contributed by atoms with Gasteiger partial charge in [0.1, 0.15) is 0 Å². The van der Waals surface area contributed by atoms with Crippen molar-refractivity contribution in [2.24, 2.45) is 0 Å². The number of aromatic nitrogens is 1. The third-order valence-corrected chi connectivity index (χ3v) is 7.35. The molecule has 4 rings (SSSR count). The molecule has 11 heteroatoms. The van der Waals surface area contributed by atoms with Crippen molar-refractivity contribution in [1.29, 1.82) is 0 Å². The van der Waals surface area contributed by atoms with E-state index in [0.717, 1.165) is 4.34 Å². The van der Waals surface area contributed by atoms with Crippen LogP contribution in [0.5, 0.6) is 11.5 Å². The molecule has 1 aromatic carbocycles. The van der Waals surface area contributed by atoms with Gasteiger partial charge in [-0.2, -0.15) is 0 Å². The third kappa shape index (κ3) is 6.17. The van der Waals surface area contributed by atoms with E-state index in [1.54, 1.807) is 30.0 Å². The predicted molar refractivity (Wildman–Crippen MR) is 123 cm³/mol. The van der Waals surface area contributed by atoms with E-state index in [2.05, 4.69) is 10.3 Å². The normalized spacial score (nSPS) is 15.4. The Balaban J connectivity index is 1.20. The Kier molecular flexibility index (Phi) is 7.71. The lowest BCUT2D eigenvalue weighted by atomic mass is 10.1. The average Bonchev–Trinajstić information content (AvgIpc) is 3.46. The van der Waals surface area contributed by atoms with E-state index in [1.165, 1.54) is 23.1 Å². The number of carbonyl (C=O) groups is 3. The van der Waals surface area contributed by atoms with Gasteiger partial charge in [0.2, 0.25) is 12.7 Å². The molecule has 33 heavy (non-hydrogen) atoms. The lowest BCUT2D eigenvalue weighted by molar-refractivity contribution is -0.121. The fourth-order valence-corrected chi connectivity index (χ4v) is 5.32. The molecule has 1 fully saturated rings. The Morgan fingerprint density at radius 3 is 2.82 bits per heavy atom. The summed E-state index contributed by atoms with van der Waals surface area (Å²) in [7, 11) is 0. The summed E-state index contributed by atoms with van der Waals surface area (Å²) in [5.74, 6) is 1.36. The number of ketones is 1. The van der Waals surface area contributed by atoms with Gasteiger partial charge in [0.15, 0.2) is 21.6 Å². The molecule has 1 aromatic heterocycles. The van der Waals surface area contributed by atoms with Gasteiger partial charge in [-0.15, -0.1) is 11.3 Å². The minimum Gasteiger partial charge on any atom is -0.454 e. The van der Waals surface area contributed by atoms with Crippen molar-refractivity contribution in [1.82, 2.24) is 15.2 Å². The van der Waals surface area contributed by atoms with E-state index in [1.807, 2.05) is 5.38 Å². The van der Waals surface area contributed by atoms with Gasteiger partial charge >= 0.3 is 6.09 Å². The zero-order valence-corrected chi connectivity index (χ0v) is 19.8. The molecule has 9 nitrogen and oxygen atoms in total. The minimum atomic E-state index is -0.299. The number of piperidine rings is 1. The van der Waals surface area contributed by atoms with Crippen molar-refractivity contribution in [3.05, 3.63) is 34.8 Å². The number of hydrogen-bond acceptors (Lipinski definition) is 9. The van der Waals surface area contributed by atoms with E-state index >= 15 is 0 Å². The summed E-state index contributed by atoms with van der Waals surface area (Å²) < 4.78 is 16.3. The fraction of sp³-hybridized carbons (Fsp3) is 0.455. The van der Waals surface area contributed by atoms with Gasteiger partial charge in [0.25, 0.3) is 0 Å². The maximum absolute atomic E-state index is 12.5. The number of ether oxygens (including phenoxy) is 3. The summed E-state index contributed by atoms with van der Waals surface area (Å²) in [6.45, 7) is 3.45. The Bertz CT molecular complexity index is 1020. The Morgan fingerprint density at radius 2 is 2.03 bits per heavy atom. The first kappa shape index (κ1) is 23.4. The van der Waals surface area contributed by atoms with Crippen LogP contribution in [0.1, 0.15) is 35.8 Å². The number of thiazole rings is 1. The first-order valence-corrected chi connectivity index (χ1v) is 12.6. The molecule has 3 heterocycles. The standard InChI is InChI=1S/C22H25N3O6S2/c1-2-29-22(28)25-7-5-15(6-8-25)23-20(27)10-16-11-32-21(24-16)33-12-17(26)14-3-4-18-19(9-14)31-13-30-18/h3-4,9,11,15H,2,5-8,10,12-13H2,1H3,(H,23,27). The number of hydrogen-bond donors (Lipinski definition) is 1. The molecule has 0 atom stereocenters. The van der Waals surface area contributed by atoms with Crippen molar-refractivity contribution >= 4 is 40.9 Å². The number of amides is 2. The highest BCUT2D eigenvalue weighted by molar-refractivity contribution is 8.01. The SMILES string of the molecule is CCOC(=O)N1CCC(NC(=O)Cc2csc(SCC(=O)c3ccc4c(c3)OCO4)n2)CC1. The van der Waals surface area contributed by atoms with Crippen LogP contribution in [0.2, 0.25) is 0 Å². The molecule has 2 aliphatic rings. The number of Topliss-reactive ketones (excluding diaryl/α,β-unsaturated/α-hetero) is 1. The molecule has 1 N–H and O–H groups in total. The summed E-state index contributed by atoms with van der Waals surface area (Å²) >= 11 is 2.77. The van der Waals surface area contributed by atoms with Crippen molar-refractivity contribution < 1.29 is 28.6 Å². The summed E-state index contributed by atoms with van der Waals surface area (Å²) in [6, 6.07) is 5.20. The molecular formula is C22H25N3O6S2. The van der Waals surface area contributed by atoms with Gasteiger partial charge in [-0.3, -0.25) is 9.59 Å². The van der Waals surface area contributed by atoms with Gasteiger partial charge < -0.3 is 24.4 Å². The van der Waals surface area contributed by atoms with E-state index in [9.17, 15) is 14.4 Å². The molecule has 2 aromatic rings. The Labute approximate surface area is 199 Å². The summed E-state index contributed by atoms with van der Waals surface area (Å²) in [4.78, 5) is 42.8. The highest BCUT2D eigenvalue weighted by Crippen LogP contribution is 2.33. The molecule has 0 bridgehead atoms. The number of fused-ring (bicyclic) bond motifs is 1. The molecule has 0 spiro atoms. The molecule has 1 saturated heterocycles. The van der Waals surface area contributed by atoms with Crippen molar-refractivity contribution in [3.8, 4) is 11.5 Å². The molecular weight excluding hydrogens is 466 g/mol. The van der Waals surface area contributed by atoms with Gasteiger partial charge in [0.05, 0.1) is 24.5 Å². The largest absolute Gasteiger partial charge is 0.454 e. The highest BCUT2D eigenvalue weighted by Gasteiger charge is 2.25. The zero-order chi connectivity index (χ0) is 23.2. The first-order chi connectivity index (χ1) is 16.0. The number of carbonyl (C=O) groups excluding carboxylic acids is 3. The number of likely N-dealkylation sites (tertiary alicyclic amines) is 1. The highest BCUT2D eigenvalue weighted by atomic mass is 32.2. The quantitative estimate of drug-likeness (QED) is 0.443. The monoisotopic (exact) mass is 491 g/mol. The maximum atomic E-state index is 12.5. The second-order valence-corrected chi connectivity index (χ2v) is 9.67. The van der Waals surface area contributed by atoms with Crippen molar-refractivity contribution in [2.45, 2.75) is 36.6 Å². The molecule has 0 radical (unpaired) electrons. The van der Waals surface area contributed by atoms with E-state index in [-0.39, 0.29) is 42.8 Å². The topological polar surface area (TPSA) is 107 Å². The third-order valence-electron chi connectivity index (χ3n) is 5.28. The van der Waals surface area contributed by atoms with Gasteiger partial charge in [0, 0.05) is 30.1 Å². The van der Waals surface area contributed by atoms with Crippen LogP contribution in [0.25, 0.3) is 0 Å². The lowest BCUT2D eigenvalue weighted by Gasteiger charge is -2.31. The number of nitrogens with zero attached hydrogens (tertiary/aromatic N) is 2. The summed E-state index contributed by atoms with van der Waals surface area (Å²) in [6.07, 6.45) is 1.28. The first-order valence-electron chi connectivity index (χ1n) is 10.7. The second kappa shape index (κ2) is 10.9. The molecule has 0 unspecified atom stereocenters. The molecule has 176 valence electrons. The van der Waals surface area contributed by atoms with Crippen LogP contribution in [0.4, 0.5) is 4.79 Å². The molecule has 2 aliphatic heterocycles. The van der Waals surface area contributed by atoms with Crippen molar-refractivity contribution in [2.75, 3.05) is 32.2 Å². The lowest BCUT2D eigenvalue weighted by Crippen LogP contribution is -2.47. The van der Waals surface area contributed by atoms with Crippen molar-refractivity contribution in [3.63, 3.8) is 0 Å². The molecule has 2 amide bonds. The summed E-state index contributed by atoms with van der Waals surface area (Å²) in [5.41, 5.74) is 1.25. The average molecular weight is 492 g/mol. The van der Waals surface area contributed by atoms with Gasteiger partial charge in [-0.1, -0.05) is 11.8 Å². The number of thioether (sulfide) groups is 1. The van der Waals surface area contributed by atoms with E-state index in [4.69, 9.17) is 14.2 Å². The van der Waals surface area contributed by atoms with Gasteiger partial charge in [-0.05, 0) is 38.0 Å². The maximum Gasteiger partial charge on any atom is 0.409 e. The van der Waals surface area contributed by atoms with Crippen LogP contribution in [-0.2, 0) is 16.0 Å². The van der Waals surface area contributed by atoms with Crippen LogP contribution in [0.3, 0.4) is 0 Å². The van der Waals surface area contributed by atoms with Gasteiger partial charge in [-0.25, -0.2) is 9.78 Å². The van der Waals surface area contributed by atoms with Crippen LogP contribution in [0.15, 0.2) is 27.9 Å². The van der Waals surface area contributed by atoms with Crippen LogP contribution in [0, 0.1) is 0 Å². The fourth-order valence-electron chi connectivity index (χ4n) is 3.58. The Morgan fingerprint density at radius 1 is 1.24 bits per heavy atom. The Hall–Kier alpha value is -2.79. The zero-order valence-electron chi connectivity index (χ0n) is 18.2. The van der Waals surface area contributed by atoms with Crippen LogP contribution < -0.4 is 14.8 Å².